The minimum Gasteiger partial charge on any atom is -0.306 e. The Bertz CT molecular complexity index is 576. The molecule has 1 atom stereocenters. The highest BCUT2D eigenvalue weighted by molar-refractivity contribution is 7.16. The molecule has 3 rings (SSSR count). The quantitative estimate of drug-likeness (QED) is 0.850. The first-order valence-electron chi connectivity index (χ1n) is 6.80. The fourth-order valence-electron chi connectivity index (χ4n) is 2.77. The van der Waals surface area contributed by atoms with Crippen LogP contribution in [-0.2, 0) is 13.0 Å². The van der Waals surface area contributed by atoms with Crippen molar-refractivity contribution in [3.05, 3.63) is 56.2 Å². The van der Waals surface area contributed by atoms with Crippen molar-refractivity contribution in [3.63, 3.8) is 0 Å². The van der Waals surface area contributed by atoms with Crippen LogP contribution in [0.1, 0.15) is 40.5 Å². The Balaban J connectivity index is 1.73. The molecule has 0 saturated heterocycles. The number of aryl methyl sites for hydroxylation is 2. The van der Waals surface area contributed by atoms with Gasteiger partial charge in [0.15, 0.2) is 0 Å². The van der Waals surface area contributed by atoms with Crippen LogP contribution in [0.3, 0.4) is 0 Å². The number of nitrogens with one attached hydrogen (secondary N) is 1. The maximum absolute atomic E-state index is 6.15. The number of fused-ring (bicyclic) bond motifs is 1. The van der Waals surface area contributed by atoms with Gasteiger partial charge < -0.3 is 5.32 Å². The monoisotopic (exact) mass is 291 g/mol. The minimum absolute atomic E-state index is 0.465. The number of hydrogen-bond donors (Lipinski definition) is 1. The summed E-state index contributed by atoms with van der Waals surface area (Å²) in [4.78, 5) is 1.47. The van der Waals surface area contributed by atoms with E-state index in [4.69, 9.17) is 11.6 Å². The van der Waals surface area contributed by atoms with Crippen LogP contribution in [0.2, 0.25) is 4.34 Å². The third kappa shape index (κ3) is 2.86. The molecule has 3 heteroatoms. The molecule has 2 aromatic rings. The van der Waals surface area contributed by atoms with Crippen molar-refractivity contribution in [3.8, 4) is 0 Å². The molecule has 0 radical (unpaired) electrons. The lowest BCUT2D eigenvalue weighted by Gasteiger charge is -2.24. The molecule has 1 aliphatic carbocycles. The highest BCUT2D eigenvalue weighted by Crippen LogP contribution is 2.37. The van der Waals surface area contributed by atoms with Crippen LogP contribution in [-0.4, -0.2) is 0 Å². The van der Waals surface area contributed by atoms with Crippen molar-refractivity contribution in [2.24, 2.45) is 0 Å². The highest BCUT2D eigenvalue weighted by atomic mass is 35.5. The van der Waals surface area contributed by atoms with E-state index in [1.54, 1.807) is 11.3 Å². The molecular weight excluding hydrogens is 274 g/mol. The largest absolute Gasteiger partial charge is 0.306 e. The fourth-order valence-corrected chi connectivity index (χ4v) is 4.16. The van der Waals surface area contributed by atoms with Gasteiger partial charge in [0.05, 0.1) is 4.34 Å². The van der Waals surface area contributed by atoms with Gasteiger partial charge >= 0.3 is 0 Å². The van der Waals surface area contributed by atoms with Crippen molar-refractivity contribution in [2.45, 2.75) is 38.8 Å². The zero-order valence-electron chi connectivity index (χ0n) is 11.1. The van der Waals surface area contributed by atoms with E-state index in [1.165, 1.54) is 40.8 Å². The molecule has 1 aliphatic rings. The molecule has 0 bridgehead atoms. The predicted octanol–water partition coefficient (Wildman–Crippen LogP) is 4.88. The van der Waals surface area contributed by atoms with Gasteiger partial charge in [-0.05, 0) is 48.9 Å². The topological polar surface area (TPSA) is 12.0 Å². The molecule has 0 fully saturated rings. The summed E-state index contributed by atoms with van der Waals surface area (Å²) >= 11 is 7.89. The van der Waals surface area contributed by atoms with Crippen LogP contribution in [0, 0.1) is 6.92 Å². The van der Waals surface area contributed by atoms with E-state index in [0.717, 1.165) is 10.9 Å². The first kappa shape index (κ1) is 13.2. The molecular formula is C16H18ClNS. The number of halogens is 1. The molecule has 1 unspecified atom stereocenters. The standard InChI is InChI=1S/C16H18ClNS/c1-11-5-2-3-6-12(11)10-18-14-7-4-8-15-13(14)9-16(17)19-15/h2-3,5-6,9,14,18H,4,7-8,10H2,1H3. The minimum atomic E-state index is 0.465. The van der Waals surface area contributed by atoms with Gasteiger partial charge in [-0.15, -0.1) is 11.3 Å². The molecule has 0 saturated carbocycles. The summed E-state index contributed by atoms with van der Waals surface area (Å²) in [6.45, 7) is 3.11. The van der Waals surface area contributed by atoms with Crippen molar-refractivity contribution in [1.82, 2.24) is 5.32 Å². The second-order valence-corrected chi connectivity index (χ2v) is 6.95. The van der Waals surface area contributed by atoms with Crippen LogP contribution in [0.25, 0.3) is 0 Å². The molecule has 0 spiro atoms. The Kier molecular flexibility index (Phi) is 3.92. The van der Waals surface area contributed by atoms with E-state index in [-0.39, 0.29) is 0 Å². The Labute approximate surface area is 123 Å². The van der Waals surface area contributed by atoms with Crippen molar-refractivity contribution < 1.29 is 0 Å². The lowest BCUT2D eigenvalue weighted by molar-refractivity contribution is 0.462. The van der Waals surface area contributed by atoms with Gasteiger partial charge in [0.2, 0.25) is 0 Å². The number of benzene rings is 1. The van der Waals surface area contributed by atoms with E-state index >= 15 is 0 Å². The molecule has 1 heterocycles. The summed E-state index contributed by atoms with van der Waals surface area (Å²) in [5, 5.41) is 3.70. The van der Waals surface area contributed by atoms with Crippen LogP contribution < -0.4 is 5.32 Å². The van der Waals surface area contributed by atoms with Crippen LogP contribution in [0.5, 0.6) is 0 Å². The Morgan fingerprint density at radius 3 is 3.05 bits per heavy atom. The van der Waals surface area contributed by atoms with E-state index < -0.39 is 0 Å². The zero-order valence-corrected chi connectivity index (χ0v) is 12.7. The molecule has 1 N–H and O–H groups in total. The number of thiophene rings is 1. The van der Waals surface area contributed by atoms with Gasteiger partial charge in [0.1, 0.15) is 0 Å². The molecule has 1 aromatic heterocycles. The average Bonchev–Trinajstić information content (AvgIpc) is 2.78. The third-order valence-electron chi connectivity index (χ3n) is 3.88. The Morgan fingerprint density at radius 1 is 1.37 bits per heavy atom. The zero-order chi connectivity index (χ0) is 13.2. The molecule has 1 aromatic carbocycles. The summed E-state index contributed by atoms with van der Waals surface area (Å²) in [5.41, 5.74) is 4.17. The number of rotatable bonds is 3. The van der Waals surface area contributed by atoms with Gasteiger partial charge in [0.25, 0.3) is 0 Å². The van der Waals surface area contributed by atoms with E-state index in [9.17, 15) is 0 Å². The fraction of sp³-hybridized carbons (Fsp3) is 0.375. The lowest BCUT2D eigenvalue weighted by Crippen LogP contribution is -2.24. The normalized spacial score (nSPS) is 18.3. The summed E-state index contributed by atoms with van der Waals surface area (Å²) in [7, 11) is 0. The smallest absolute Gasteiger partial charge is 0.0934 e. The van der Waals surface area contributed by atoms with Gasteiger partial charge in [-0.3, -0.25) is 0 Å². The van der Waals surface area contributed by atoms with E-state index in [0.29, 0.717) is 6.04 Å². The van der Waals surface area contributed by atoms with Gasteiger partial charge in [-0.2, -0.15) is 0 Å². The SMILES string of the molecule is Cc1ccccc1CNC1CCCc2sc(Cl)cc21. The second kappa shape index (κ2) is 5.66. The molecule has 100 valence electrons. The lowest BCUT2D eigenvalue weighted by atomic mass is 9.93. The predicted molar refractivity (Wildman–Crippen MR) is 83.0 cm³/mol. The summed E-state index contributed by atoms with van der Waals surface area (Å²) in [6.07, 6.45) is 3.66. The van der Waals surface area contributed by atoms with Crippen molar-refractivity contribution in [2.75, 3.05) is 0 Å². The summed E-state index contributed by atoms with van der Waals surface area (Å²) in [6, 6.07) is 11.2. The van der Waals surface area contributed by atoms with E-state index in [2.05, 4.69) is 42.6 Å². The second-order valence-electron chi connectivity index (χ2n) is 5.18. The maximum atomic E-state index is 6.15. The molecule has 19 heavy (non-hydrogen) atoms. The van der Waals surface area contributed by atoms with Crippen molar-refractivity contribution in [1.29, 1.82) is 0 Å². The van der Waals surface area contributed by atoms with E-state index in [1.807, 2.05) is 0 Å². The average molecular weight is 292 g/mol. The van der Waals surface area contributed by atoms with Crippen LogP contribution in [0.15, 0.2) is 30.3 Å². The third-order valence-corrected chi connectivity index (χ3v) is 5.22. The van der Waals surface area contributed by atoms with Gasteiger partial charge in [0, 0.05) is 17.5 Å². The summed E-state index contributed by atoms with van der Waals surface area (Å²) < 4.78 is 0.926. The first-order valence-corrected chi connectivity index (χ1v) is 7.99. The van der Waals surface area contributed by atoms with Gasteiger partial charge in [-0.1, -0.05) is 35.9 Å². The van der Waals surface area contributed by atoms with Crippen molar-refractivity contribution >= 4 is 22.9 Å². The molecule has 1 nitrogen and oxygen atoms in total. The maximum Gasteiger partial charge on any atom is 0.0934 e. The van der Waals surface area contributed by atoms with Crippen LogP contribution in [0.4, 0.5) is 0 Å². The highest BCUT2D eigenvalue weighted by Gasteiger charge is 2.22. The van der Waals surface area contributed by atoms with Gasteiger partial charge in [-0.25, -0.2) is 0 Å². The number of hydrogen-bond acceptors (Lipinski definition) is 2. The molecule has 0 aliphatic heterocycles. The summed E-state index contributed by atoms with van der Waals surface area (Å²) in [5.74, 6) is 0. The first-order chi connectivity index (χ1) is 9.24. The Hall–Kier alpha value is -0.830. The Morgan fingerprint density at radius 2 is 2.21 bits per heavy atom. The molecule has 0 amide bonds. The van der Waals surface area contributed by atoms with Crippen LogP contribution >= 0.6 is 22.9 Å².